The van der Waals surface area contributed by atoms with Crippen LogP contribution in [0.25, 0.3) is 16.9 Å². The summed E-state index contributed by atoms with van der Waals surface area (Å²) in [5, 5.41) is 7.73. The van der Waals surface area contributed by atoms with Crippen molar-refractivity contribution in [2.45, 2.75) is 44.1 Å². The maximum atomic E-state index is 13.4. The molecule has 4 aliphatic carbocycles. The lowest BCUT2D eigenvalue weighted by Gasteiger charge is -2.56. The third kappa shape index (κ3) is 2.43. The molecule has 0 spiro atoms. The highest BCUT2D eigenvalue weighted by atomic mass is 16.2. The Morgan fingerprint density at radius 1 is 1.14 bits per heavy atom. The number of hydrogen-bond donors (Lipinski definition) is 1. The average molecular weight is 375 g/mol. The largest absolute Gasteiger partial charge is 0.345 e. The van der Waals surface area contributed by atoms with Crippen molar-refractivity contribution in [2.24, 2.45) is 24.8 Å². The predicted octanol–water partition coefficient (Wildman–Crippen LogP) is 3.43. The van der Waals surface area contributed by atoms with Gasteiger partial charge in [-0.25, -0.2) is 4.98 Å². The van der Waals surface area contributed by atoms with Crippen molar-refractivity contribution in [2.75, 3.05) is 0 Å². The molecule has 7 rings (SSSR count). The maximum Gasteiger partial charge on any atom is 0.272 e. The highest BCUT2D eigenvalue weighted by Crippen LogP contribution is 2.55. The maximum absolute atomic E-state index is 13.4. The number of aryl methyl sites for hydroxylation is 1. The van der Waals surface area contributed by atoms with E-state index in [1.165, 1.54) is 19.3 Å². The Labute approximate surface area is 164 Å². The molecule has 0 radical (unpaired) electrons. The van der Waals surface area contributed by atoms with Crippen molar-refractivity contribution in [3.05, 3.63) is 42.5 Å². The van der Waals surface area contributed by atoms with Crippen LogP contribution in [0.15, 0.2) is 36.8 Å². The van der Waals surface area contributed by atoms with E-state index in [1.54, 1.807) is 10.9 Å². The Hall–Kier alpha value is -2.63. The topological polar surface area (TPSA) is 64.2 Å². The predicted molar refractivity (Wildman–Crippen MR) is 106 cm³/mol. The molecule has 4 saturated carbocycles. The van der Waals surface area contributed by atoms with Gasteiger partial charge >= 0.3 is 0 Å². The van der Waals surface area contributed by atoms with E-state index in [1.807, 2.05) is 42.0 Å². The Morgan fingerprint density at radius 2 is 1.86 bits per heavy atom. The Balaban J connectivity index is 1.38. The minimum absolute atomic E-state index is 0.00891. The number of carbonyl (C=O) groups is 1. The van der Waals surface area contributed by atoms with Crippen LogP contribution in [0, 0.1) is 17.8 Å². The second kappa shape index (κ2) is 5.69. The number of nitrogens with one attached hydrogen (secondary N) is 1. The van der Waals surface area contributed by atoms with Crippen molar-refractivity contribution >= 4 is 11.4 Å². The standard InChI is InChI=1S/C22H25N5O/c1-26-13-17(12-23-26)20-24-19(18-4-2-3-5-27(18)20)21(28)25-22-9-14-6-15(10-22)8-16(7-14)11-22/h2-5,12-16H,6-11H2,1H3,(H,25,28). The van der Waals surface area contributed by atoms with Crippen LogP contribution in [0.2, 0.25) is 0 Å². The molecule has 4 bridgehead atoms. The molecular formula is C22H25N5O. The van der Waals surface area contributed by atoms with Crippen molar-refractivity contribution in [3.63, 3.8) is 0 Å². The Kier molecular flexibility index (Phi) is 3.32. The number of hydrogen-bond acceptors (Lipinski definition) is 3. The molecule has 0 atom stereocenters. The lowest BCUT2D eigenvalue weighted by Crippen LogP contribution is -2.59. The van der Waals surface area contributed by atoms with Crippen LogP contribution in [-0.4, -0.2) is 30.6 Å². The zero-order valence-corrected chi connectivity index (χ0v) is 16.1. The molecular weight excluding hydrogens is 350 g/mol. The minimum atomic E-state index is -0.0270. The smallest absolute Gasteiger partial charge is 0.272 e. The van der Waals surface area contributed by atoms with Gasteiger partial charge in [0.15, 0.2) is 5.69 Å². The summed E-state index contributed by atoms with van der Waals surface area (Å²) >= 11 is 0. The number of carbonyl (C=O) groups excluding carboxylic acids is 1. The van der Waals surface area contributed by atoms with Gasteiger partial charge in [-0.1, -0.05) is 6.07 Å². The number of amides is 1. The number of aromatic nitrogens is 4. The van der Waals surface area contributed by atoms with E-state index < -0.39 is 0 Å². The summed E-state index contributed by atoms with van der Waals surface area (Å²) in [5.74, 6) is 3.14. The van der Waals surface area contributed by atoms with Crippen LogP contribution in [0.5, 0.6) is 0 Å². The summed E-state index contributed by atoms with van der Waals surface area (Å²) in [6.45, 7) is 0. The first-order chi connectivity index (χ1) is 13.6. The first-order valence-corrected chi connectivity index (χ1v) is 10.4. The number of imidazole rings is 1. The van der Waals surface area contributed by atoms with Crippen LogP contribution >= 0.6 is 0 Å². The minimum Gasteiger partial charge on any atom is -0.345 e. The highest BCUT2D eigenvalue weighted by molar-refractivity contribution is 6.00. The van der Waals surface area contributed by atoms with Crippen molar-refractivity contribution < 1.29 is 4.79 Å². The van der Waals surface area contributed by atoms with E-state index in [2.05, 4.69) is 10.4 Å². The average Bonchev–Trinajstić information content (AvgIpc) is 3.23. The van der Waals surface area contributed by atoms with Crippen molar-refractivity contribution in [1.82, 2.24) is 24.5 Å². The molecule has 0 saturated heterocycles. The highest BCUT2D eigenvalue weighted by Gasteiger charge is 2.51. The van der Waals surface area contributed by atoms with Gasteiger partial charge in [-0.15, -0.1) is 0 Å². The number of pyridine rings is 1. The Morgan fingerprint density at radius 3 is 2.50 bits per heavy atom. The summed E-state index contributed by atoms with van der Waals surface area (Å²) in [4.78, 5) is 18.2. The monoisotopic (exact) mass is 375 g/mol. The van der Waals surface area contributed by atoms with Gasteiger partial charge in [0.2, 0.25) is 0 Å². The first kappa shape index (κ1) is 16.3. The Bertz CT molecular complexity index is 1040. The molecule has 4 aliphatic rings. The molecule has 3 aromatic heterocycles. The summed E-state index contributed by atoms with van der Waals surface area (Å²) < 4.78 is 3.75. The van der Waals surface area contributed by atoms with Gasteiger partial charge in [0.05, 0.1) is 17.3 Å². The fraction of sp³-hybridized carbons (Fsp3) is 0.500. The molecule has 0 unspecified atom stereocenters. The van der Waals surface area contributed by atoms with E-state index in [4.69, 9.17) is 4.98 Å². The number of nitrogens with zero attached hydrogens (tertiary/aromatic N) is 4. The third-order valence-corrected chi connectivity index (χ3v) is 7.14. The fourth-order valence-electron chi connectivity index (χ4n) is 6.51. The van der Waals surface area contributed by atoms with E-state index in [0.717, 1.165) is 53.9 Å². The second-order valence-electron chi connectivity index (χ2n) is 9.29. The number of rotatable bonds is 3. The van der Waals surface area contributed by atoms with Gasteiger partial charge in [0.25, 0.3) is 5.91 Å². The molecule has 3 heterocycles. The van der Waals surface area contributed by atoms with Gasteiger partial charge in [0.1, 0.15) is 5.82 Å². The van der Waals surface area contributed by atoms with E-state index in [-0.39, 0.29) is 11.4 Å². The van der Waals surface area contributed by atoms with Gasteiger partial charge in [-0.05, 0) is 68.4 Å². The molecule has 4 fully saturated rings. The summed E-state index contributed by atoms with van der Waals surface area (Å²) in [5.41, 5.74) is 2.28. The third-order valence-electron chi connectivity index (χ3n) is 7.14. The van der Waals surface area contributed by atoms with Crippen LogP contribution < -0.4 is 5.32 Å². The fourth-order valence-corrected chi connectivity index (χ4v) is 6.51. The van der Waals surface area contributed by atoms with Crippen molar-refractivity contribution in [1.29, 1.82) is 0 Å². The van der Waals surface area contributed by atoms with Gasteiger partial charge in [-0.2, -0.15) is 5.10 Å². The van der Waals surface area contributed by atoms with Crippen LogP contribution in [0.3, 0.4) is 0 Å². The quantitative estimate of drug-likeness (QED) is 0.763. The zero-order chi connectivity index (χ0) is 18.9. The second-order valence-corrected chi connectivity index (χ2v) is 9.29. The van der Waals surface area contributed by atoms with Crippen LogP contribution in [0.4, 0.5) is 0 Å². The van der Waals surface area contributed by atoms with Gasteiger partial charge in [-0.3, -0.25) is 13.9 Å². The molecule has 0 aromatic carbocycles. The summed E-state index contributed by atoms with van der Waals surface area (Å²) in [7, 11) is 1.89. The molecule has 3 aromatic rings. The van der Waals surface area contributed by atoms with Crippen LogP contribution in [0.1, 0.15) is 49.0 Å². The summed E-state index contributed by atoms with van der Waals surface area (Å²) in [6.07, 6.45) is 13.2. The molecule has 6 heteroatoms. The zero-order valence-electron chi connectivity index (χ0n) is 16.1. The van der Waals surface area contributed by atoms with Gasteiger partial charge < -0.3 is 5.32 Å². The normalized spacial score (nSPS) is 30.8. The van der Waals surface area contributed by atoms with E-state index >= 15 is 0 Å². The molecule has 1 amide bonds. The molecule has 144 valence electrons. The molecule has 1 N–H and O–H groups in total. The SMILES string of the molecule is Cn1cc(-c2nc(C(=O)NC34CC5CC(CC(C5)C3)C4)c3ccccn23)cn1. The van der Waals surface area contributed by atoms with E-state index in [9.17, 15) is 4.79 Å². The molecule has 0 aliphatic heterocycles. The first-order valence-electron chi connectivity index (χ1n) is 10.4. The molecule has 28 heavy (non-hydrogen) atoms. The van der Waals surface area contributed by atoms with Crippen molar-refractivity contribution in [3.8, 4) is 11.4 Å². The lowest BCUT2D eigenvalue weighted by molar-refractivity contribution is -0.0167. The number of fused-ring (bicyclic) bond motifs is 1. The van der Waals surface area contributed by atoms with Crippen LogP contribution in [-0.2, 0) is 7.05 Å². The lowest BCUT2D eigenvalue weighted by atomic mass is 9.53. The van der Waals surface area contributed by atoms with E-state index in [0.29, 0.717) is 5.69 Å². The summed E-state index contributed by atoms with van der Waals surface area (Å²) in [6, 6.07) is 5.91. The molecule has 6 nitrogen and oxygen atoms in total. The van der Waals surface area contributed by atoms with Gasteiger partial charge in [0, 0.05) is 25.0 Å².